The average molecular weight is 440 g/mol. The summed E-state index contributed by atoms with van der Waals surface area (Å²) in [4.78, 5) is 11.9. The van der Waals surface area contributed by atoms with Crippen molar-refractivity contribution in [3.05, 3.63) is 48.5 Å². The van der Waals surface area contributed by atoms with Crippen LogP contribution in [0.5, 0.6) is 5.75 Å². The Labute approximate surface area is 194 Å². The van der Waals surface area contributed by atoms with Crippen molar-refractivity contribution in [2.24, 2.45) is 0 Å². The van der Waals surface area contributed by atoms with Crippen LogP contribution in [0.3, 0.4) is 0 Å². The summed E-state index contributed by atoms with van der Waals surface area (Å²) < 4.78 is 0. The number of anilines is 1. The zero-order chi connectivity index (χ0) is 22.9. The molecule has 0 aliphatic heterocycles. The highest BCUT2D eigenvalue weighted by Gasteiger charge is 2.01. The van der Waals surface area contributed by atoms with E-state index in [0.29, 0.717) is 6.54 Å². The monoisotopic (exact) mass is 439 g/mol. The minimum Gasteiger partial charge on any atom is -0.508 e. The fourth-order valence-corrected chi connectivity index (χ4v) is 3.74. The molecular weight excluding hydrogens is 398 g/mol. The van der Waals surface area contributed by atoms with Crippen molar-refractivity contribution in [1.82, 2.24) is 10.7 Å². The summed E-state index contributed by atoms with van der Waals surface area (Å²) in [5.74, 6) is 0.255. The summed E-state index contributed by atoms with van der Waals surface area (Å²) in [7, 11) is 0. The molecule has 0 atom stereocenters. The fourth-order valence-electron chi connectivity index (χ4n) is 3.74. The maximum absolute atomic E-state index is 11.9. The molecule has 0 aromatic heterocycles. The number of urea groups is 1. The quantitative estimate of drug-likeness (QED) is 0.163. The highest BCUT2D eigenvalue weighted by atomic mass is 16.3. The van der Waals surface area contributed by atoms with Crippen molar-refractivity contribution in [1.29, 1.82) is 0 Å². The zero-order valence-electron chi connectivity index (χ0n) is 19.7. The van der Waals surface area contributed by atoms with Crippen molar-refractivity contribution in [3.8, 4) is 16.9 Å². The van der Waals surface area contributed by atoms with Gasteiger partial charge < -0.3 is 10.4 Å². The second-order valence-electron chi connectivity index (χ2n) is 8.52. The number of hydrazine groups is 1. The molecule has 0 saturated carbocycles. The van der Waals surface area contributed by atoms with E-state index < -0.39 is 0 Å². The first-order valence-electron chi connectivity index (χ1n) is 12.4. The predicted molar refractivity (Wildman–Crippen MR) is 135 cm³/mol. The Balaban J connectivity index is 1.46. The van der Waals surface area contributed by atoms with Crippen molar-refractivity contribution >= 4 is 11.7 Å². The van der Waals surface area contributed by atoms with Crippen LogP contribution in [0.1, 0.15) is 84.0 Å². The van der Waals surface area contributed by atoms with E-state index >= 15 is 0 Å². The number of phenols is 1. The third-order valence-electron chi connectivity index (χ3n) is 5.72. The van der Waals surface area contributed by atoms with Crippen LogP contribution in [-0.2, 0) is 0 Å². The van der Waals surface area contributed by atoms with Crippen molar-refractivity contribution in [2.45, 2.75) is 84.0 Å². The summed E-state index contributed by atoms with van der Waals surface area (Å²) in [5, 5.41) is 12.3. The molecule has 2 aromatic rings. The van der Waals surface area contributed by atoms with Crippen LogP contribution >= 0.6 is 0 Å². The third-order valence-corrected chi connectivity index (χ3v) is 5.72. The molecule has 0 saturated heterocycles. The van der Waals surface area contributed by atoms with Gasteiger partial charge in [-0.3, -0.25) is 10.9 Å². The van der Waals surface area contributed by atoms with Crippen LogP contribution in [0.15, 0.2) is 48.5 Å². The zero-order valence-corrected chi connectivity index (χ0v) is 19.7. The second kappa shape index (κ2) is 16.0. The van der Waals surface area contributed by atoms with Gasteiger partial charge in [0.1, 0.15) is 5.75 Å². The van der Waals surface area contributed by atoms with Crippen molar-refractivity contribution in [3.63, 3.8) is 0 Å². The first kappa shape index (κ1) is 25.6. The first-order chi connectivity index (χ1) is 15.7. The molecule has 176 valence electrons. The Hall–Kier alpha value is -2.69. The molecule has 2 rings (SSSR count). The summed E-state index contributed by atoms with van der Waals surface area (Å²) in [6, 6.07) is 14.6. The Bertz CT molecular complexity index is 745. The number of nitrogens with one attached hydrogen (secondary N) is 3. The van der Waals surface area contributed by atoms with E-state index in [1.165, 1.54) is 70.6 Å². The summed E-state index contributed by atoms with van der Waals surface area (Å²) >= 11 is 0. The van der Waals surface area contributed by atoms with Crippen molar-refractivity contribution < 1.29 is 9.90 Å². The highest BCUT2D eigenvalue weighted by Crippen LogP contribution is 2.23. The Morgan fingerprint density at radius 3 is 1.69 bits per heavy atom. The van der Waals surface area contributed by atoms with Crippen LogP contribution in [0.25, 0.3) is 11.1 Å². The number of hydrogen-bond donors (Lipinski definition) is 4. The number of benzene rings is 2. The van der Waals surface area contributed by atoms with Gasteiger partial charge in [-0.15, -0.1) is 0 Å². The van der Waals surface area contributed by atoms with Crippen LogP contribution in [-0.4, -0.2) is 17.7 Å². The molecule has 32 heavy (non-hydrogen) atoms. The number of carbonyl (C=O) groups excluding carboxylic acids is 1. The van der Waals surface area contributed by atoms with E-state index in [2.05, 4.69) is 23.1 Å². The molecule has 2 amide bonds. The topological polar surface area (TPSA) is 73.4 Å². The van der Waals surface area contributed by atoms with Crippen LogP contribution in [0.2, 0.25) is 0 Å². The lowest BCUT2D eigenvalue weighted by Crippen LogP contribution is -2.39. The van der Waals surface area contributed by atoms with E-state index in [4.69, 9.17) is 0 Å². The van der Waals surface area contributed by atoms with Gasteiger partial charge in [0.25, 0.3) is 0 Å². The molecule has 0 heterocycles. The summed E-state index contributed by atoms with van der Waals surface area (Å²) in [6.45, 7) is 2.96. The van der Waals surface area contributed by atoms with Crippen molar-refractivity contribution in [2.75, 3.05) is 12.0 Å². The highest BCUT2D eigenvalue weighted by molar-refractivity contribution is 5.75. The SMILES string of the molecule is CCCCCCCCCCCCCCNC(=O)NNc1ccc(-c2ccc(O)cc2)cc1. The number of phenolic OH excluding ortho intramolecular Hbond substituents is 1. The molecule has 0 bridgehead atoms. The standard InChI is InChI=1S/C27H41N3O2/c1-2-3-4-5-6-7-8-9-10-11-12-13-22-28-27(32)30-29-25-18-14-23(15-19-25)24-16-20-26(31)21-17-24/h14-21,29,31H,2-13,22H2,1H3,(H2,28,30,32). The minimum atomic E-state index is -0.212. The molecule has 0 unspecified atom stereocenters. The van der Waals surface area contributed by atoms with Crippen LogP contribution < -0.4 is 16.2 Å². The lowest BCUT2D eigenvalue weighted by atomic mass is 10.1. The van der Waals surface area contributed by atoms with Gasteiger partial charge in [-0.2, -0.15) is 0 Å². The van der Waals surface area contributed by atoms with Gasteiger partial charge in [0.2, 0.25) is 0 Å². The van der Waals surface area contributed by atoms with Gasteiger partial charge in [0, 0.05) is 6.54 Å². The van der Waals surface area contributed by atoms with Crippen LogP contribution in [0.4, 0.5) is 10.5 Å². The molecule has 2 aromatic carbocycles. The molecule has 0 aliphatic carbocycles. The van der Waals surface area contributed by atoms with E-state index in [1.54, 1.807) is 12.1 Å². The summed E-state index contributed by atoms with van der Waals surface area (Å²) in [6.07, 6.45) is 15.8. The molecular formula is C27H41N3O2. The molecule has 0 fully saturated rings. The molecule has 0 spiro atoms. The van der Waals surface area contributed by atoms with Crippen LogP contribution in [0, 0.1) is 0 Å². The molecule has 5 nitrogen and oxygen atoms in total. The molecule has 5 heteroatoms. The van der Waals surface area contributed by atoms with Gasteiger partial charge in [-0.05, 0) is 41.8 Å². The van der Waals surface area contributed by atoms with Gasteiger partial charge in [0.05, 0.1) is 5.69 Å². The maximum atomic E-state index is 11.9. The number of carbonyl (C=O) groups is 1. The lowest BCUT2D eigenvalue weighted by molar-refractivity contribution is 0.242. The maximum Gasteiger partial charge on any atom is 0.333 e. The van der Waals surface area contributed by atoms with Gasteiger partial charge >= 0.3 is 6.03 Å². The van der Waals surface area contributed by atoms with Gasteiger partial charge in [0.15, 0.2) is 0 Å². The predicted octanol–water partition coefficient (Wildman–Crippen LogP) is 7.39. The smallest absolute Gasteiger partial charge is 0.333 e. The largest absolute Gasteiger partial charge is 0.508 e. The number of unbranched alkanes of at least 4 members (excludes halogenated alkanes) is 11. The number of hydrogen-bond acceptors (Lipinski definition) is 3. The van der Waals surface area contributed by atoms with E-state index in [-0.39, 0.29) is 11.8 Å². The molecule has 0 aliphatic rings. The van der Waals surface area contributed by atoms with E-state index in [9.17, 15) is 9.90 Å². The number of rotatable bonds is 16. The summed E-state index contributed by atoms with van der Waals surface area (Å²) in [5.41, 5.74) is 8.49. The number of aromatic hydroxyl groups is 1. The Morgan fingerprint density at radius 2 is 1.16 bits per heavy atom. The molecule has 0 radical (unpaired) electrons. The van der Waals surface area contributed by atoms with Gasteiger partial charge in [-0.25, -0.2) is 4.79 Å². The average Bonchev–Trinajstić information content (AvgIpc) is 2.81. The van der Waals surface area contributed by atoms with E-state index in [1.807, 2.05) is 36.4 Å². The fraction of sp³-hybridized carbons (Fsp3) is 0.519. The normalized spacial score (nSPS) is 10.7. The minimum absolute atomic E-state index is 0.212. The number of amides is 2. The second-order valence-corrected chi connectivity index (χ2v) is 8.52. The first-order valence-corrected chi connectivity index (χ1v) is 12.4. The van der Waals surface area contributed by atoms with E-state index in [0.717, 1.165) is 23.2 Å². The lowest BCUT2D eigenvalue weighted by Gasteiger charge is -2.11. The Kier molecular flexibility index (Phi) is 12.8. The van der Waals surface area contributed by atoms with Gasteiger partial charge in [-0.1, -0.05) is 102 Å². The third kappa shape index (κ3) is 11.1. The molecule has 4 N–H and O–H groups in total. The Morgan fingerprint density at radius 1 is 0.688 bits per heavy atom.